The van der Waals surface area contributed by atoms with E-state index in [1.54, 1.807) is 30.1 Å². The second-order valence-electron chi connectivity index (χ2n) is 7.19. The number of carbonyl (C=O) groups excluding carboxylic acids is 1. The van der Waals surface area contributed by atoms with Gasteiger partial charge in [0, 0.05) is 32.7 Å². The molecule has 0 spiro atoms. The standard InChI is InChI=1S/C22H28FN3O2/c1-25(15-16-28-21-10-6-5-9-20(21)23)22(27)24-19-11-13-26(14-12-19)17-18-7-3-2-4-8-18/h2-10,19H,11-17H2,1H3,(H,24,27). The molecule has 2 amide bonds. The minimum atomic E-state index is -0.392. The Hall–Kier alpha value is -2.60. The number of nitrogens with zero attached hydrogens (tertiary/aromatic N) is 2. The lowest BCUT2D eigenvalue weighted by molar-refractivity contribution is 0.168. The fourth-order valence-electron chi connectivity index (χ4n) is 3.32. The third-order valence-corrected chi connectivity index (χ3v) is 5.03. The van der Waals surface area contributed by atoms with E-state index in [1.807, 2.05) is 6.07 Å². The predicted molar refractivity (Wildman–Crippen MR) is 108 cm³/mol. The van der Waals surface area contributed by atoms with Gasteiger partial charge in [0.05, 0.1) is 6.54 Å². The van der Waals surface area contributed by atoms with Crippen LogP contribution >= 0.6 is 0 Å². The summed E-state index contributed by atoms with van der Waals surface area (Å²) in [5, 5.41) is 3.09. The molecule has 1 saturated heterocycles. The SMILES string of the molecule is CN(CCOc1ccccc1F)C(=O)NC1CCN(Cc2ccccc2)CC1. The third-order valence-electron chi connectivity index (χ3n) is 5.03. The molecule has 0 radical (unpaired) electrons. The van der Waals surface area contributed by atoms with E-state index in [9.17, 15) is 9.18 Å². The van der Waals surface area contributed by atoms with Crippen LogP contribution < -0.4 is 10.1 Å². The molecule has 28 heavy (non-hydrogen) atoms. The van der Waals surface area contributed by atoms with Crippen molar-refractivity contribution in [3.8, 4) is 5.75 Å². The Morgan fingerprint density at radius 2 is 1.82 bits per heavy atom. The molecule has 1 heterocycles. The fraction of sp³-hybridized carbons (Fsp3) is 0.409. The Morgan fingerprint density at radius 3 is 2.54 bits per heavy atom. The highest BCUT2D eigenvalue weighted by Crippen LogP contribution is 2.16. The maximum Gasteiger partial charge on any atom is 0.317 e. The van der Waals surface area contributed by atoms with Gasteiger partial charge in [-0.2, -0.15) is 0 Å². The fourth-order valence-corrected chi connectivity index (χ4v) is 3.32. The molecule has 0 aromatic heterocycles. The zero-order chi connectivity index (χ0) is 19.8. The van der Waals surface area contributed by atoms with Crippen LogP contribution in [0.25, 0.3) is 0 Å². The molecule has 5 nitrogen and oxygen atoms in total. The van der Waals surface area contributed by atoms with Crippen LogP contribution in [-0.4, -0.2) is 55.2 Å². The summed E-state index contributed by atoms with van der Waals surface area (Å²) in [6.45, 7) is 3.54. The summed E-state index contributed by atoms with van der Waals surface area (Å²) in [5.41, 5.74) is 1.32. The lowest BCUT2D eigenvalue weighted by atomic mass is 10.0. The van der Waals surface area contributed by atoms with E-state index in [4.69, 9.17) is 4.74 Å². The first-order valence-corrected chi connectivity index (χ1v) is 9.77. The molecule has 1 aliphatic rings. The number of halogens is 1. The molecule has 150 valence electrons. The number of hydrogen-bond donors (Lipinski definition) is 1. The van der Waals surface area contributed by atoms with Crippen LogP contribution in [0, 0.1) is 5.82 Å². The number of urea groups is 1. The molecule has 0 unspecified atom stereocenters. The van der Waals surface area contributed by atoms with E-state index in [1.165, 1.54) is 11.6 Å². The number of hydrogen-bond acceptors (Lipinski definition) is 3. The largest absolute Gasteiger partial charge is 0.489 e. The molecule has 1 fully saturated rings. The number of ether oxygens (including phenoxy) is 1. The van der Waals surface area contributed by atoms with Crippen molar-refractivity contribution in [1.82, 2.24) is 15.1 Å². The van der Waals surface area contributed by atoms with Crippen molar-refractivity contribution in [2.45, 2.75) is 25.4 Å². The average molecular weight is 385 g/mol. The number of benzene rings is 2. The van der Waals surface area contributed by atoms with Gasteiger partial charge in [-0.15, -0.1) is 0 Å². The highest BCUT2D eigenvalue weighted by molar-refractivity contribution is 5.74. The summed E-state index contributed by atoms with van der Waals surface area (Å²) in [6.07, 6.45) is 1.89. The number of nitrogens with one attached hydrogen (secondary N) is 1. The maximum absolute atomic E-state index is 13.5. The van der Waals surface area contributed by atoms with Gasteiger partial charge in [0.25, 0.3) is 0 Å². The van der Waals surface area contributed by atoms with E-state index in [0.717, 1.165) is 32.5 Å². The summed E-state index contributed by atoms with van der Waals surface area (Å²) in [6, 6.07) is 16.8. The smallest absolute Gasteiger partial charge is 0.317 e. The lowest BCUT2D eigenvalue weighted by Gasteiger charge is -2.33. The summed E-state index contributed by atoms with van der Waals surface area (Å²) in [5.74, 6) is -0.182. The van der Waals surface area contributed by atoms with Gasteiger partial charge >= 0.3 is 6.03 Å². The number of amides is 2. The normalized spacial score (nSPS) is 15.2. The monoisotopic (exact) mass is 385 g/mol. The topological polar surface area (TPSA) is 44.8 Å². The number of carbonyl (C=O) groups is 1. The van der Waals surface area contributed by atoms with Crippen LogP contribution in [0.15, 0.2) is 54.6 Å². The Bertz CT molecular complexity index is 748. The molecule has 3 rings (SSSR count). The summed E-state index contributed by atoms with van der Waals surface area (Å²) in [4.78, 5) is 16.4. The maximum atomic E-state index is 13.5. The van der Waals surface area contributed by atoms with Gasteiger partial charge in [0.2, 0.25) is 0 Å². The first kappa shape index (κ1) is 20.1. The zero-order valence-electron chi connectivity index (χ0n) is 16.3. The Morgan fingerprint density at radius 1 is 1.14 bits per heavy atom. The van der Waals surface area contributed by atoms with Crippen molar-refractivity contribution >= 4 is 6.03 Å². The van der Waals surface area contributed by atoms with E-state index < -0.39 is 5.82 Å². The molecule has 2 aromatic carbocycles. The second-order valence-corrected chi connectivity index (χ2v) is 7.19. The summed E-state index contributed by atoms with van der Waals surface area (Å²) < 4.78 is 18.9. The number of likely N-dealkylation sites (N-methyl/N-ethyl adjacent to an activating group) is 1. The molecular weight excluding hydrogens is 357 g/mol. The minimum Gasteiger partial charge on any atom is -0.489 e. The molecular formula is C22H28FN3O2. The molecule has 0 saturated carbocycles. The summed E-state index contributed by atoms with van der Waals surface area (Å²) in [7, 11) is 1.73. The van der Waals surface area contributed by atoms with Crippen LogP contribution in [0.2, 0.25) is 0 Å². The van der Waals surface area contributed by atoms with Gasteiger partial charge in [0.1, 0.15) is 6.61 Å². The van der Waals surface area contributed by atoms with E-state index >= 15 is 0 Å². The number of para-hydroxylation sites is 1. The van der Waals surface area contributed by atoms with Gasteiger partial charge < -0.3 is 15.0 Å². The van der Waals surface area contributed by atoms with Gasteiger partial charge in [-0.25, -0.2) is 9.18 Å². The molecule has 6 heteroatoms. The van der Waals surface area contributed by atoms with Crippen molar-refractivity contribution in [1.29, 1.82) is 0 Å². The molecule has 1 aliphatic heterocycles. The number of piperidine rings is 1. The van der Waals surface area contributed by atoms with Crippen LogP contribution in [0.4, 0.5) is 9.18 Å². The van der Waals surface area contributed by atoms with E-state index in [0.29, 0.717) is 6.54 Å². The highest BCUT2D eigenvalue weighted by atomic mass is 19.1. The van der Waals surface area contributed by atoms with Crippen LogP contribution in [0.1, 0.15) is 18.4 Å². The predicted octanol–water partition coefficient (Wildman–Crippen LogP) is 3.51. The molecule has 0 atom stereocenters. The molecule has 1 N–H and O–H groups in total. The van der Waals surface area contributed by atoms with Gasteiger partial charge in [-0.3, -0.25) is 4.90 Å². The molecule has 0 bridgehead atoms. The van der Waals surface area contributed by atoms with Crippen LogP contribution in [0.5, 0.6) is 5.75 Å². The zero-order valence-corrected chi connectivity index (χ0v) is 16.3. The first-order chi connectivity index (χ1) is 13.6. The Kier molecular flexibility index (Phi) is 7.25. The van der Waals surface area contributed by atoms with E-state index in [2.05, 4.69) is 34.5 Å². The highest BCUT2D eigenvalue weighted by Gasteiger charge is 2.22. The van der Waals surface area contributed by atoms with Crippen LogP contribution in [0.3, 0.4) is 0 Å². The third kappa shape index (κ3) is 5.96. The van der Waals surface area contributed by atoms with Crippen molar-refractivity contribution in [2.75, 3.05) is 33.3 Å². The van der Waals surface area contributed by atoms with Crippen molar-refractivity contribution in [2.24, 2.45) is 0 Å². The number of rotatable bonds is 7. The van der Waals surface area contributed by atoms with Gasteiger partial charge in [-0.1, -0.05) is 42.5 Å². The molecule has 0 aliphatic carbocycles. The van der Waals surface area contributed by atoms with Crippen molar-refractivity contribution in [3.05, 3.63) is 66.0 Å². The Balaban J connectivity index is 1.35. The Labute approximate surface area is 166 Å². The van der Waals surface area contributed by atoms with Crippen molar-refractivity contribution < 1.29 is 13.9 Å². The summed E-state index contributed by atoms with van der Waals surface area (Å²) >= 11 is 0. The first-order valence-electron chi connectivity index (χ1n) is 9.77. The second kappa shape index (κ2) is 10.1. The molecule has 2 aromatic rings. The van der Waals surface area contributed by atoms with E-state index in [-0.39, 0.29) is 24.4 Å². The van der Waals surface area contributed by atoms with Gasteiger partial charge in [0.15, 0.2) is 11.6 Å². The van der Waals surface area contributed by atoms with Crippen LogP contribution in [-0.2, 0) is 6.54 Å². The van der Waals surface area contributed by atoms with Gasteiger partial charge in [-0.05, 0) is 30.5 Å². The average Bonchev–Trinajstić information content (AvgIpc) is 2.71. The van der Waals surface area contributed by atoms with Crippen molar-refractivity contribution in [3.63, 3.8) is 0 Å². The lowest BCUT2D eigenvalue weighted by Crippen LogP contribution is -2.48. The number of likely N-dealkylation sites (tertiary alicyclic amines) is 1. The quantitative estimate of drug-likeness (QED) is 0.793. The minimum absolute atomic E-state index is 0.112.